The summed E-state index contributed by atoms with van der Waals surface area (Å²) in [5, 5.41) is 4.91. The maximum Gasteiger partial charge on any atom is 0.255 e. The van der Waals surface area contributed by atoms with E-state index in [1.54, 1.807) is 28.4 Å². The molecule has 4 nitrogen and oxygen atoms in total. The van der Waals surface area contributed by atoms with Crippen molar-refractivity contribution in [2.45, 2.75) is 6.04 Å². The molecule has 0 aliphatic carbocycles. The highest BCUT2D eigenvalue weighted by Gasteiger charge is 2.34. The van der Waals surface area contributed by atoms with Crippen molar-refractivity contribution in [3.05, 3.63) is 84.9 Å². The van der Waals surface area contributed by atoms with Crippen molar-refractivity contribution >= 4 is 60.7 Å². The number of rotatable bonds is 2. The zero-order valence-corrected chi connectivity index (χ0v) is 18.0. The van der Waals surface area contributed by atoms with Crippen LogP contribution in [0.3, 0.4) is 0 Å². The Kier molecular flexibility index (Phi) is 5.16. The highest BCUT2D eigenvalue weighted by molar-refractivity contribution is 9.10. The predicted molar refractivity (Wildman–Crippen MR) is 114 cm³/mol. The molecule has 0 saturated heterocycles. The van der Waals surface area contributed by atoms with Crippen LogP contribution < -0.4 is 5.32 Å². The van der Waals surface area contributed by atoms with E-state index in [0.29, 0.717) is 5.56 Å². The Hall–Kier alpha value is -1.96. The Bertz CT molecular complexity index is 1020. The monoisotopic (exact) mass is 504 g/mol. The molecule has 1 aliphatic heterocycles. The molecule has 1 N–H and O–H groups in total. The van der Waals surface area contributed by atoms with Crippen molar-refractivity contribution in [2.75, 3.05) is 11.9 Å². The molecular formula is C20H14Br2N2O2S. The van der Waals surface area contributed by atoms with Crippen molar-refractivity contribution in [1.82, 2.24) is 4.90 Å². The molecule has 1 atom stereocenters. The number of hydrogen-bond acceptors (Lipinski definition) is 3. The SMILES string of the molecule is O=C1CN(C(=O)c2cccc(Br)c2)C(c2cccs2)c2cc(Br)ccc2N1. The number of thiophene rings is 1. The van der Waals surface area contributed by atoms with Gasteiger partial charge in [-0.25, -0.2) is 0 Å². The lowest BCUT2D eigenvalue weighted by Crippen LogP contribution is -2.38. The third-order valence-corrected chi connectivity index (χ3v) is 6.26. The molecule has 2 amide bonds. The number of halogens is 2. The van der Waals surface area contributed by atoms with E-state index in [2.05, 4.69) is 37.2 Å². The number of benzene rings is 2. The van der Waals surface area contributed by atoms with Crippen LogP contribution in [0.2, 0.25) is 0 Å². The van der Waals surface area contributed by atoms with E-state index < -0.39 is 0 Å². The third kappa shape index (κ3) is 3.72. The maximum atomic E-state index is 13.4. The lowest BCUT2D eigenvalue weighted by Gasteiger charge is -2.29. The summed E-state index contributed by atoms with van der Waals surface area (Å²) < 4.78 is 1.72. The van der Waals surface area contributed by atoms with Gasteiger partial charge in [0.15, 0.2) is 0 Å². The maximum absolute atomic E-state index is 13.4. The van der Waals surface area contributed by atoms with Crippen LogP contribution in [0.1, 0.15) is 26.8 Å². The van der Waals surface area contributed by atoms with Crippen LogP contribution in [0.15, 0.2) is 68.9 Å². The summed E-state index contributed by atoms with van der Waals surface area (Å²) in [7, 11) is 0. The zero-order chi connectivity index (χ0) is 19.0. The van der Waals surface area contributed by atoms with Crippen LogP contribution in [0.4, 0.5) is 5.69 Å². The van der Waals surface area contributed by atoms with E-state index >= 15 is 0 Å². The molecule has 136 valence electrons. The number of nitrogens with one attached hydrogen (secondary N) is 1. The summed E-state index contributed by atoms with van der Waals surface area (Å²) in [6.07, 6.45) is 0. The van der Waals surface area contributed by atoms with Crippen molar-refractivity contribution < 1.29 is 9.59 Å². The Labute approximate surface area is 177 Å². The molecule has 27 heavy (non-hydrogen) atoms. The molecule has 7 heteroatoms. The van der Waals surface area contributed by atoms with Gasteiger partial charge in [-0.3, -0.25) is 9.59 Å². The van der Waals surface area contributed by atoms with Gasteiger partial charge >= 0.3 is 0 Å². The van der Waals surface area contributed by atoms with Crippen molar-refractivity contribution in [3.8, 4) is 0 Å². The average molecular weight is 506 g/mol. The minimum Gasteiger partial charge on any atom is -0.324 e. The molecule has 2 aromatic carbocycles. The van der Waals surface area contributed by atoms with Gasteiger partial charge in [0.05, 0.1) is 6.04 Å². The van der Waals surface area contributed by atoms with E-state index in [4.69, 9.17) is 0 Å². The second-order valence-corrected chi connectivity index (χ2v) is 8.95. The average Bonchev–Trinajstić information content (AvgIpc) is 3.12. The van der Waals surface area contributed by atoms with E-state index in [1.807, 2.05) is 47.8 Å². The van der Waals surface area contributed by atoms with Gasteiger partial charge in [0, 0.05) is 30.6 Å². The number of carbonyl (C=O) groups is 2. The smallest absolute Gasteiger partial charge is 0.255 e. The van der Waals surface area contributed by atoms with Crippen LogP contribution >= 0.6 is 43.2 Å². The van der Waals surface area contributed by atoms with E-state index in [1.165, 1.54) is 0 Å². The molecule has 1 aliphatic rings. The van der Waals surface area contributed by atoms with Crippen LogP contribution in [0.5, 0.6) is 0 Å². The van der Waals surface area contributed by atoms with Crippen LogP contribution in [0.25, 0.3) is 0 Å². The fourth-order valence-corrected chi connectivity index (χ4v) is 4.84. The zero-order valence-electron chi connectivity index (χ0n) is 14.0. The second-order valence-electron chi connectivity index (χ2n) is 6.14. The quantitative estimate of drug-likeness (QED) is 0.503. The van der Waals surface area contributed by atoms with Gasteiger partial charge in [0.25, 0.3) is 5.91 Å². The first-order valence-corrected chi connectivity index (χ1v) is 10.7. The summed E-state index contributed by atoms with van der Waals surface area (Å²) >= 11 is 8.50. The first-order valence-electron chi connectivity index (χ1n) is 8.22. The van der Waals surface area contributed by atoms with Crippen molar-refractivity contribution in [2.24, 2.45) is 0 Å². The standard InChI is InChI=1S/C20H14Br2N2O2S/c21-13-4-1-3-12(9-13)20(26)24-11-18(25)23-16-7-6-14(22)10-15(16)19(24)17-5-2-8-27-17/h1-10,19H,11H2,(H,23,25). The largest absolute Gasteiger partial charge is 0.324 e. The number of anilines is 1. The number of fused-ring (bicyclic) bond motifs is 1. The predicted octanol–water partition coefficient (Wildman–Crippen LogP) is 5.46. The van der Waals surface area contributed by atoms with E-state index in [-0.39, 0.29) is 24.4 Å². The van der Waals surface area contributed by atoms with Gasteiger partial charge in [-0.05, 0) is 47.8 Å². The first-order chi connectivity index (χ1) is 13.0. The molecule has 4 rings (SSSR count). The molecule has 3 aromatic rings. The summed E-state index contributed by atoms with van der Waals surface area (Å²) in [6, 6.07) is 16.6. The summed E-state index contributed by atoms with van der Waals surface area (Å²) in [5.74, 6) is -0.390. The number of hydrogen-bond donors (Lipinski definition) is 1. The summed E-state index contributed by atoms with van der Waals surface area (Å²) in [6.45, 7) is -0.0137. The van der Waals surface area contributed by atoms with Crippen LogP contribution in [-0.4, -0.2) is 23.3 Å². The Balaban J connectivity index is 1.88. The van der Waals surface area contributed by atoms with Gasteiger partial charge in [-0.1, -0.05) is 44.0 Å². The highest BCUT2D eigenvalue weighted by atomic mass is 79.9. The highest BCUT2D eigenvalue weighted by Crippen LogP contribution is 2.39. The number of carbonyl (C=O) groups excluding carboxylic acids is 2. The lowest BCUT2D eigenvalue weighted by atomic mass is 10.0. The molecule has 0 bridgehead atoms. The molecule has 0 radical (unpaired) electrons. The fourth-order valence-electron chi connectivity index (χ4n) is 3.21. The molecule has 1 unspecified atom stereocenters. The Morgan fingerprint density at radius 1 is 1.07 bits per heavy atom. The van der Waals surface area contributed by atoms with Gasteiger partial charge in [-0.2, -0.15) is 0 Å². The fraction of sp³-hybridized carbons (Fsp3) is 0.100. The molecule has 1 aromatic heterocycles. The molecule has 2 heterocycles. The number of amides is 2. The molecule has 0 spiro atoms. The van der Waals surface area contributed by atoms with Crippen LogP contribution in [0, 0.1) is 0 Å². The van der Waals surface area contributed by atoms with Gasteiger partial charge in [0.2, 0.25) is 5.91 Å². The molecule has 0 fully saturated rings. The summed E-state index contributed by atoms with van der Waals surface area (Å²) in [5.41, 5.74) is 2.16. The second kappa shape index (κ2) is 7.58. The molecule has 0 saturated carbocycles. The van der Waals surface area contributed by atoms with Gasteiger partial charge in [-0.15, -0.1) is 11.3 Å². The van der Waals surface area contributed by atoms with Gasteiger partial charge in [0.1, 0.15) is 6.54 Å². The van der Waals surface area contributed by atoms with Crippen LogP contribution in [-0.2, 0) is 4.79 Å². The summed E-state index contributed by atoms with van der Waals surface area (Å²) in [4.78, 5) is 28.6. The molecular weight excluding hydrogens is 492 g/mol. The first kappa shape index (κ1) is 18.4. The van der Waals surface area contributed by atoms with E-state index in [9.17, 15) is 9.59 Å². The minimum absolute atomic E-state index is 0.0137. The van der Waals surface area contributed by atoms with Crippen molar-refractivity contribution in [1.29, 1.82) is 0 Å². The Morgan fingerprint density at radius 2 is 1.89 bits per heavy atom. The third-order valence-electron chi connectivity index (χ3n) is 4.35. The minimum atomic E-state index is -0.345. The van der Waals surface area contributed by atoms with Crippen molar-refractivity contribution in [3.63, 3.8) is 0 Å². The topological polar surface area (TPSA) is 49.4 Å². The van der Waals surface area contributed by atoms with E-state index in [0.717, 1.165) is 25.1 Å². The Morgan fingerprint density at radius 3 is 2.63 bits per heavy atom. The van der Waals surface area contributed by atoms with Gasteiger partial charge < -0.3 is 10.2 Å². The normalized spacial score (nSPS) is 16.4. The number of nitrogens with zero attached hydrogens (tertiary/aromatic N) is 1. The lowest BCUT2D eigenvalue weighted by molar-refractivity contribution is -0.117.